The smallest absolute Gasteiger partial charge is 0.289 e. The Labute approximate surface area is 150 Å². The average Bonchev–Trinajstić information content (AvgIpc) is 2.90. The zero-order chi connectivity index (χ0) is 18.8. The molecular formula is C20H19FN2O3. The fraction of sp³-hybridized carbons (Fsp3) is 0.200. The number of nitrogens with one attached hydrogen (secondary N) is 1. The van der Waals surface area contributed by atoms with E-state index >= 15 is 0 Å². The first kappa shape index (κ1) is 17.7. The number of likely N-dealkylation sites (N-methyl/N-ethyl adjacent to an activating group) is 1. The maximum atomic E-state index is 13.1. The number of benzene rings is 2. The van der Waals surface area contributed by atoms with Crippen molar-refractivity contribution in [2.24, 2.45) is 0 Å². The molecule has 2 aromatic carbocycles. The van der Waals surface area contributed by atoms with Crippen molar-refractivity contribution < 1.29 is 19.1 Å². The highest BCUT2D eigenvalue weighted by atomic mass is 19.1. The first-order valence-electron chi connectivity index (χ1n) is 8.21. The van der Waals surface area contributed by atoms with E-state index in [4.69, 9.17) is 0 Å². The summed E-state index contributed by atoms with van der Waals surface area (Å²) in [4.78, 5) is 25.3. The molecule has 0 fully saturated rings. The van der Waals surface area contributed by atoms with Crippen molar-refractivity contribution in [2.45, 2.75) is 13.0 Å². The first-order valence-corrected chi connectivity index (χ1v) is 8.21. The molecule has 26 heavy (non-hydrogen) atoms. The zero-order valence-electron chi connectivity index (χ0n) is 14.5. The molecule has 1 atom stereocenters. The van der Waals surface area contributed by atoms with Gasteiger partial charge in [-0.2, -0.15) is 0 Å². The van der Waals surface area contributed by atoms with Crippen molar-refractivity contribution in [2.75, 3.05) is 13.6 Å². The summed E-state index contributed by atoms with van der Waals surface area (Å²) in [5.74, 6) is -1.83. The van der Waals surface area contributed by atoms with Crippen LogP contribution in [0.4, 0.5) is 4.39 Å². The second kappa shape index (κ2) is 7.00. The van der Waals surface area contributed by atoms with Gasteiger partial charge in [-0.15, -0.1) is 0 Å². The molecule has 0 spiro atoms. The number of halogens is 1. The van der Waals surface area contributed by atoms with E-state index in [9.17, 15) is 19.1 Å². The standard InChI is InChI=1S/C20H19FN2O3/c1-12(22-19(25)17-11-23(2)20(26)18(17)24)14-4-3-5-15(10-14)13-6-8-16(21)9-7-13/h3-10,12,24H,11H2,1-2H3,(H,22,25)/t12-/m1/s1. The van der Waals surface area contributed by atoms with E-state index in [-0.39, 0.29) is 24.0 Å². The molecule has 1 heterocycles. The molecule has 2 N–H and O–H groups in total. The topological polar surface area (TPSA) is 69.6 Å². The average molecular weight is 354 g/mol. The summed E-state index contributed by atoms with van der Waals surface area (Å²) in [5.41, 5.74) is 2.70. The molecule has 0 radical (unpaired) electrons. The molecule has 0 aliphatic carbocycles. The van der Waals surface area contributed by atoms with Crippen LogP contribution in [-0.4, -0.2) is 35.4 Å². The van der Waals surface area contributed by atoms with E-state index in [1.54, 1.807) is 12.1 Å². The van der Waals surface area contributed by atoms with Crippen molar-refractivity contribution in [3.63, 3.8) is 0 Å². The van der Waals surface area contributed by atoms with Gasteiger partial charge >= 0.3 is 0 Å². The van der Waals surface area contributed by atoms with Gasteiger partial charge in [-0.3, -0.25) is 9.59 Å². The fourth-order valence-corrected chi connectivity index (χ4v) is 2.87. The van der Waals surface area contributed by atoms with E-state index in [1.165, 1.54) is 24.1 Å². The Morgan fingerprint density at radius 1 is 1.19 bits per heavy atom. The van der Waals surface area contributed by atoms with Gasteiger partial charge < -0.3 is 15.3 Å². The van der Waals surface area contributed by atoms with Crippen LogP contribution in [0.2, 0.25) is 0 Å². The van der Waals surface area contributed by atoms with Crippen LogP contribution in [0.5, 0.6) is 0 Å². The molecule has 0 unspecified atom stereocenters. The van der Waals surface area contributed by atoms with E-state index in [0.29, 0.717) is 0 Å². The lowest BCUT2D eigenvalue weighted by Crippen LogP contribution is -2.30. The van der Waals surface area contributed by atoms with Crippen molar-refractivity contribution >= 4 is 11.8 Å². The maximum Gasteiger partial charge on any atom is 0.289 e. The molecule has 0 saturated heterocycles. The van der Waals surface area contributed by atoms with E-state index in [0.717, 1.165) is 16.7 Å². The third-order valence-corrected chi connectivity index (χ3v) is 4.42. The Balaban J connectivity index is 1.77. The number of hydrogen-bond acceptors (Lipinski definition) is 3. The summed E-state index contributed by atoms with van der Waals surface area (Å²) in [7, 11) is 1.52. The van der Waals surface area contributed by atoms with Crippen LogP contribution < -0.4 is 5.32 Å². The van der Waals surface area contributed by atoms with Gasteiger partial charge in [0, 0.05) is 7.05 Å². The predicted octanol–water partition coefficient (Wildman–Crippen LogP) is 2.95. The Kier molecular flexibility index (Phi) is 4.75. The largest absolute Gasteiger partial charge is 0.503 e. The molecule has 3 rings (SSSR count). The lowest BCUT2D eigenvalue weighted by molar-refractivity contribution is -0.126. The van der Waals surface area contributed by atoms with Gasteiger partial charge in [0.2, 0.25) is 0 Å². The number of aliphatic hydroxyl groups is 1. The lowest BCUT2D eigenvalue weighted by atomic mass is 10.00. The minimum Gasteiger partial charge on any atom is -0.503 e. The van der Waals surface area contributed by atoms with Crippen molar-refractivity contribution in [3.8, 4) is 11.1 Å². The van der Waals surface area contributed by atoms with E-state index < -0.39 is 17.6 Å². The van der Waals surface area contributed by atoms with Gasteiger partial charge in [0.05, 0.1) is 18.2 Å². The molecule has 0 saturated carbocycles. The van der Waals surface area contributed by atoms with Gasteiger partial charge in [0.1, 0.15) is 5.82 Å². The van der Waals surface area contributed by atoms with Crippen LogP contribution >= 0.6 is 0 Å². The van der Waals surface area contributed by atoms with Crippen LogP contribution in [0.25, 0.3) is 11.1 Å². The molecule has 1 aliphatic rings. The molecule has 1 aliphatic heterocycles. The van der Waals surface area contributed by atoms with Gasteiger partial charge in [-0.05, 0) is 41.8 Å². The van der Waals surface area contributed by atoms with Crippen LogP contribution in [0.3, 0.4) is 0 Å². The number of rotatable bonds is 4. The first-order chi connectivity index (χ1) is 12.4. The summed E-state index contributed by atoms with van der Waals surface area (Å²) >= 11 is 0. The second-order valence-electron chi connectivity index (χ2n) is 6.32. The molecular weight excluding hydrogens is 335 g/mol. The van der Waals surface area contributed by atoms with Crippen molar-refractivity contribution in [1.29, 1.82) is 0 Å². The highest BCUT2D eigenvalue weighted by Gasteiger charge is 2.32. The number of nitrogens with zero attached hydrogens (tertiary/aromatic N) is 1. The highest BCUT2D eigenvalue weighted by molar-refractivity contribution is 6.06. The molecule has 6 heteroatoms. The summed E-state index contributed by atoms with van der Waals surface area (Å²) < 4.78 is 13.1. The van der Waals surface area contributed by atoms with Crippen LogP contribution in [0, 0.1) is 5.82 Å². The van der Waals surface area contributed by atoms with Gasteiger partial charge in [0.15, 0.2) is 5.76 Å². The minimum absolute atomic E-state index is 0.0686. The minimum atomic E-state index is -0.555. The van der Waals surface area contributed by atoms with E-state index in [1.807, 2.05) is 31.2 Å². The van der Waals surface area contributed by atoms with Crippen molar-refractivity contribution in [1.82, 2.24) is 10.2 Å². The third-order valence-electron chi connectivity index (χ3n) is 4.42. The molecule has 0 aromatic heterocycles. The molecule has 5 nitrogen and oxygen atoms in total. The van der Waals surface area contributed by atoms with E-state index in [2.05, 4.69) is 5.32 Å². The van der Waals surface area contributed by atoms with Gasteiger partial charge in [0.25, 0.3) is 11.8 Å². The Hall–Kier alpha value is -3.15. The maximum absolute atomic E-state index is 13.1. The summed E-state index contributed by atoms with van der Waals surface area (Å²) in [6, 6.07) is 13.4. The normalized spacial score (nSPS) is 15.3. The summed E-state index contributed by atoms with van der Waals surface area (Å²) in [5, 5.41) is 12.6. The van der Waals surface area contributed by atoms with Gasteiger partial charge in [-0.1, -0.05) is 30.3 Å². The second-order valence-corrected chi connectivity index (χ2v) is 6.32. The van der Waals surface area contributed by atoms with Crippen LogP contribution in [0.15, 0.2) is 59.9 Å². The number of carbonyl (C=O) groups excluding carboxylic acids is 2. The Morgan fingerprint density at radius 3 is 2.50 bits per heavy atom. The monoisotopic (exact) mass is 354 g/mol. The highest BCUT2D eigenvalue weighted by Crippen LogP contribution is 2.24. The van der Waals surface area contributed by atoms with Crippen molar-refractivity contribution in [3.05, 3.63) is 71.2 Å². The Morgan fingerprint density at radius 2 is 1.88 bits per heavy atom. The lowest BCUT2D eigenvalue weighted by Gasteiger charge is -2.16. The number of amides is 2. The van der Waals surface area contributed by atoms with Crippen LogP contribution in [-0.2, 0) is 9.59 Å². The number of hydrogen-bond donors (Lipinski definition) is 2. The molecule has 134 valence electrons. The molecule has 0 bridgehead atoms. The summed E-state index contributed by atoms with van der Waals surface area (Å²) in [6.07, 6.45) is 0. The van der Waals surface area contributed by atoms with Gasteiger partial charge in [-0.25, -0.2) is 4.39 Å². The Bertz CT molecular complexity index is 890. The zero-order valence-corrected chi connectivity index (χ0v) is 14.5. The number of carbonyl (C=O) groups is 2. The molecule has 2 amide bonds. The predicted molar refractivity (Wildman–Crippen MR) is 95.7 cm³/mol. The fourth-order valence-electron chi connectivity index (χ4n) is 2.87. The molecule has 2 aromatic rings. The quantitative estimate of drug-likeness (QED) is 0.887. The number of aliphatic hydroxyl groups excluding tert-OH is 1. The third kappa shape index (κ3) is 3.44. The SMILES string of the molecule is C[C@@H](NC(=O)C1=C(O)C(=O)N(C)C1)c1cccc(-c2ccc(F)cc2)c1. The summed E-state index contributed by atoms with van der Waals surface area (Å²) in [6.45, 7) is 1.90. The van der Waals surface area contributed by atoms with Crippen LogP contribution in [0.1, 0.15) is 18.5 Å².